The molecular weight excluding hydrogens is 299 g/mol. The van der Waals surface area contributed by atoms with Gasteiger partial charge in [-0.3, -0.25) is 9.69 Å². The van der Waals surface area contributed by atoms with E-state index in [1.54, 1.807) is 12.1 Å². The van der Waals surface area contributed by atoms with Crippen molar-refractivity contribution < 1.29 is 18.7 Å². The van der Waals surface area contributed by atoms with Crippen LogP contribution in [0.1, 0.15) is 12.0 Å². The molecule has 0 bridgehead atoms. The minimum absolute atomic E-state index is 0.0167. The number of hydrogen-bond donors (Lipinski definition) is 1. The molecule has 2 fully saturated rings. The number of carbonyl (C=O) groups is 1. The number of benzene rings is 1. The molecule has 23 heavy (non-hydrogen) atoms. The van der Waals surface area contributed by atoms with Crippen LogP contribution in [0.3, 0.4) is 0 Å². The van der Waals surface area contributed by atoms with Crippen LogP contribution >= 0.6 is 0 Å². The Labute approximate surface area is 135 Å². The molecule has 1 amide bonds. The molecule has 0 saturated carbocycles. The van der Waals surface area contributed by atoms with Crippen molar-refractivity contribution in [3.8, 4) is 0 Å². The van der Waals surface area contributed by atoms with E-state index >= 15 is 0 Å². The molecule has 2 heterocycles. The van der Waals surface area contributed by atoms with E-state index < -0.39 is 0 Å². The first-order chi connectivity index (χ1) is 11.2. The topological polar surface area (TPSA) is 50.8 Å². The zero-order valence-electron chi connectivity index (χ0n) is 13.2. The highest BCUT2D eigenvalue weighted by Gasteiger charge is 2.34. The third kappa shape index (κ3) is 4.50. The normalized spacial score (nSPS) is 25.4. The fraction of sp³-hybridized carbons (Fsp3) is 0.588. The summed E-state index contributed by atoms with van der Waals surface area (Å²) in [4.78, 5) is 14.5. The number of nitrogens with zero attached hydrogens (tertiary/aromatic N) is 1. The van der Waals surface area contributed by atoms with Crippen molar-refractivity contribution in [2.45, 2.75) is 24.9 Å². The van der Waals surface area contributed by atoms with Gasteiger partial charge in [-0.05, 0) is 24.1 Å². The molecule has 1 aromatic carbocycles. The monoisotopic (exact) mass is 322 g/mol. The lowest BCUT2D eigenvalue weighted by Crippen LogP contribution is -2.54. The third-order valence-corrected chi connectivity index (χ3v) is 4.47. The largest absolute Gasteiger partial charge is 0.379 e. The Morgan fingerprint density at radius 3 is 2.65 bits per heavy atom. The van der Waals surface area contributed by atoms with E-state index in [1.807, 2.05) is 0 Å². The Morgan fingerprint density at radius 2 is 1.91 bits per heavy atom. The number of amides is 1. The molecule has 2 aliphatic rings. The van der Waals surface area contributed by atoms with Crippen LogP contribution in [0.4, 0.5) is 4.39 Å². The second-order valence-electron chi connectivity index (χ2n) is 6.05. The third-order valence-electron chi connectivity index (χ3n) is 4.47. The highest BCUT2D eigenvalue weighted by molar-refractivity contribution is 5.76. The summed E-state index contributed by atoms with van der Waals surface area (Å²) in [5, 5.41) is 3.09. The van der Waals surface area contributed by atoms with Crippen LogP contribution in [0.15, 0.2) is 24.3 Å². The Balaban J connectivity index is 1.47. The highest BCUT2D eigenvalue weighted by Crippen LogP contribution is 2.15. The summed E-state index contributed by atoms with van der Waals surface area (Å²) in [7, 11) is 0. The number of nitrogens with one attached hydrogen (secondary N) is 1. The molecule has 0 radical (unpaired) electrons. The summed E-state index contributed by atoms with van der Waals surface area (Å²) in [6, 6.07) is 6.55. The van der Waals surface area contributed by atoms with Crippen LogP contribution < -0.4 is 5.32 Å². The summed E-state index contributed by atoms with van der Waals surface area (Å²) < 4.78 is 23.8. The fourth-order valence-corrected chi connectivity index (χ4v) is 3.14. The molecule has 0 aromatic heterocycles. The molecule has 0 spiro atoms. The molecule has 0 aliphatic carbocycles. The molecule has 6 heteroatoms. The summed E-state index contributed by atoms with van der Waals surface area (Å²) in [6.45, 7) is 4.46. The van der Waals surface area contributed by atoms with Crippen molar-refractivity contribution in [1.82, 2.24) is 10.2 Å². The van der Waals surface area contributed by atoms with Crippen molar-refractivity contribution in [3.63, 3.8) is 0 Å². The van der Waals surface area contributed by atoms with E-state index in [-0.39, 0.29) is 23.8 Å². The minimum atomic E-state index is -0.255. The van der Waals surface area contributed by atoms with Gasteiger partial charge < -0.3 is 14.8 Å². The molecular formula is C17H23FN2O3. The lowest BCUT2D eigenvalue weighted by molar-refractivity contribution is -0.122. The van der Waals surface area contributed by atoms with Gasteiger partial charge in [0.1, 0.15) is 5.82 Å². The lowest BCUT2D eigenvalue weighted by atomic mass is 10.1. The molecule has 2 aliphatic heterocycles. The van der Waals surface area contributed by atoms with Crippen LogP contribution in [-0.2, 0) is 20.7 Å². The highest BCUT2D eigenvalue weighted by atomic mass is 19.1. The van der Waals surface area contributed by atoms with E-state index in [9.17, 15) is 9.18 Å². The van der Waals surface area contributed by atoms with Crippen molar-refractivity contribution in [2.75, 3.05) is 39.5 Å². The zero-order chi connectivity index (χ0) is 16.1. The van der Waals surface area contributed by atoms with Gasteiger partial charge in [-0.2, -0.15) is 0 Å². The fourth-order valence-electron chi connectivity index (χ4n) is 3.14. The number of carbonyl (C=O) groups excluding carboxylic acids is 1. The van der Waals surface area contributed by atoms with Crippen molar-refractivity contribution >= 4 is 5.91 Å². The minimum Gasteiger partial charge on any atom is -0.379 e. The van der Waals surface area contributed by atoms with E-state index in [0.717, 1.165) is 31.9 Å². The predicted octanol–water partition coefficient (Wildman–Crippen LogP) is 0.974. The van der Waals surface area contributed by atoms with E-state index in [0.29, 0.717) is 26.1 Å². The maximum Gasteiger partial charge on any atom is 0.220 e. The van der Waals surface area contributed by atoms with Crippen molar-refractivity contribution in [2.24, 2.45) is 0 Å². The van der Waals surface area contributed by atoms with Gasteiger partial charge in [0.05, 0.1) is 38.5 Å². The second-order valence-corrected chi connectivity index (χ2v) is 6.05. The van der Waals surface area contributed by atoms with Gasteiger partial charge in [-0.15, -0.1) is 0 Å². The first kappa shape index (κ1) is 16.4. The van der Waals surface area contributed by atoms with Gasteiger partial charge in [0.25, 0.3) is 0 Å². The van der Waals surface area contributed by atoms with Crippen LogP contribution in [0.5, 0.6) is 0 Å². The molecule has 1 aromatic rings. The Hall–Kier alpha value is -1.50. The van der Waals surface area contributed by atoms with E-state index in [2.05, 4.69) is 10.2 Å². The van der Waals surface area contributed by atoms with Crippen LogP contribution in [0, 0.1) is 5.82 Å². The van der Waals surface area contributed by atoms with Gasteiger partial charge in [-0.25, -0.2) is 4.39 Å². The molecule has 2 saturated heterocycles. The molecule has 5 nitrogen and oxygen atoms in total. The average molecular weight is 322 g/mol. The maximum absolute atomic E-state index is 12.9. The smallest absolute Gasteiger partial charge is 0.220 e. The van der Waals surface area contributed by atoms with Crippen LogP contribution in [-0.4, -0.2) is 62.4 Å². The lowest BCUT2D eigenvalue weighted by Gasteiger charge is -2.34. The SMILES string of the molecule is O=C(CCc1ccc(F)cc1)N[C@H]1COC[C@@H]1N1CCOCC1. The van der Waals surface area contributed by atoms with Gasteiger partial charge in [0, 0.05) is 19.5 Å². The van der Waals surface area contributed by atoms with Gasteiger partial charge in [-0.1, -0.05) is 12.1 Å². The van der Waals surface area contributed by atoms with Crippen LogP contribution in [0.25, 0.3) is 0 Å². The zero-order valence-corrected chi connectivity index (χ0v) is 13.2. The first-order valence-electron chi connectivity index (χ1n) is 8.16. The Bertz CT molecular complexity index is 517. The Kier molecular flexibility index (Phi) is 5.59. The van der Waals surface area contributed by atoms with Crippen molar-refractivity contribution in [1.29, 1.82) is 0 Å². The Morgan fingerprint density at radius 1 is 1.17 bits per heavy atom. The number of aryl methyl sites for hydroxylation is 1. The molecule has 3 rings (SSSR count). The number of morpholine rings is 1. The maximum atomic E-state index is 12.9. The van der Waals surface area contributed by atoms with Crippen LogP contribution in [0.2, 0.25) is 0 Å². The van der Waals surface area contributed by atoms with E-state index in [4.69, 9.17) is 9.47 Å². The summed E-state index contributed by atoms with van der Waals surface area (Å²) in [5.41, 5.74) is 0.967. The predicted molar refractivity (Wildman–Crippen MR) is 83.7 cm³/mol. The quantitative estimate of drug-likeness (QED) is 0.878. The molecule has 1 N–H and O–H groups in total. The number of hydrogen-bond acceptors (Lipinski definition) is 4. The number of rotatable bonds is 5. The molecule has 0 unspecified atom stereocenters. The van der Waals surface area contributed by atoms with Gasteiger partial charge in [0.15, 0.2) is 0 Å². The molecule has 126 valence electrons. The number of halogens is 1. The second kappa shape index (κ2) is 7.86. The number of ether oxygens (including phenoxy) is 2. The van der Waals surface area contributed by atoms with Crippen molar-refractivity contribution in [3.05, 3.63) is 35.6 Å². The van der Waals surface area contributed by atoms with Gasteiger partial charge >= 0.3 is 0 Å². The summed E-state index contributed by atoms with van der Waals surface area (Å²) in [6.07, 6.45) is 1.01. The first-order valence-corrected chi connectivity index (χ1v) is 8.16. The van der Waals surface area contributed by atoms with Gasteiger partial charge in [0.2, 0.25) is 5.91 Å². The summed E-state index contributed by atoms with van der Waals surface area (Å²) in [5.74, 6) is -0.238. The summed E-state index contributed by atoms with van der Waals surface area (Å²) >= 11 is 0. The van der Waals surface area contributed by atoms with E-state index in [1.165, 1.54) is 12.1 Å². The standard InChI is InChI=1S/C17H23FN2O3/c18-14-4-1-13(2-5-14)3-6-17(21)19-15-11-23-12-16(15)20-7-9-22-10-8-20/h1-2,4-5,15-16H,3,6-12H2,(H,19,21)/t15-,16-/m0/s1. The molecule has 2 atom stereocenters. The average Bonchev–Trinajstić information content (AvgIpc) is 3.03.